The lowest BCUT2D eigenvalue weighted by molar-refractivity contribution is -0.118. The summed E-state index contributed by atoms with van der Waals surface area (Å²) in [5, 5.41) is 0. The molecule has 1 heterocycles. The molecule has 6 heteroatoms. The molecule has 1 aromatic rings. The molecule has 0 aliphatic heterocycles. The van der Waals surface area contributed by atoms with E-state index in [1.54, 1.807) is 12.1 Å². The van der Waals surface area contributed by atoms with Crippen LogP contribution in [0.4, 0.5) is 0 Å². The van der Waals surface area contributed by atoms with E-state index >= 15 is 0 Å². The van der Waals surface area contributed by atoms with E-state index in [9.17, 15) is 9.59 Å². The Hall–Kier alpha value is -1.07. The molecule has 0 atom stereocenters. The van der Waals surface area contributed by atoms with Gasteiger partial charge < -0.3 is 10.6 Å². The van der Waals surface area contributed by atoms with Crippen LogP contribution in [0.1, 0.15) is 9.67 Å². The molecule has 0 aliphatic rings. The number of carbonyl (C=O) groups is 2. The van der Waals surface area contributed by atoms with E-state index in [0.29, 0.717) is 9.21 Å². The highest BCUT2D eigenvalue weighted by Crippen LogP contribution is 2.22. The fraction of sp³-hybridized carbons (Fsp3) is 0.250. The van der Waals surface area contributed by atoms with Crippen molar-refractivity contribution in [2.45, 2.75) is 0 Å². The predicted octanol–water partition coefficient (Wildman–Crippen LogP) is 0.959. The van der Waals surface area contributed by atoms with Crippen LogP contribution in [0.5, 0.6) is 0 Å². The van der Waals surface area contributed by atoms with E-state index in [1.807, 2.05) is 0 Å². The molecule has 1 rings (SSSR count). The molecule has 4 nitrogen and oxygen atoms in total. The van der Waals surface area contributed by atoms with Crippen LogP contribution in [0.15, 0.2) is 12.1 Å². The maximum absolute atomic E-state index is 11.6. The minimum Gasteiger partial charge on any atom is -0.368 e. The highest BCUT2D eigenvalue weighted by Gasteiger charge is 2.14. The summed E-state index contributed by atoms with van der Waals surface area (Å²) in [5.41, 5.74) is 4.96. The average Bonchev–Trinajstić information content (AvgIpc) is 2.49. The number of halogens is 1. The van der Waals surface area contributed by atoms with Gasteiger partial charge >= 0.3 is 0 Å². The molecule has 76 valence electrons. The second-order valence-corrected chi connectivity index (χ2v) is 4.45. The zero-order chi connectivity index (χ0) is 10.7. The monoisotopic (exact) mass is 232 g/mol. The summed E-state index contributed by atoms with van der Waals surface area (Å²) < 4.78 is 0.542. The minimum absolute atomic E-state index is 0.0889. The van der Waals surface area contributed by atoms with Gasteiger partial charge in [-0.25, -0.2) is 0 Å². The van der Waals surface area contributed by atoms with Crippen LogP contribution in [0.2, 0.25) is 4.34 Å². The Bertz CT molecular complexity index is 364. The SMILES string of the molecule is CN(CC(N)=O)C(=O)c1ccc(Cl)s1. The van der Waals surface area contributed by atoms with Gasteiger partial charge in [0.1, 0.15) is 0 Å². The Kier molecular flexibility index (Phi) is 3.49. The van der Waals surface area contributed by atoms with E-state index in [4.69, 9.17) is 17.3 Å². The number of nitrogens with zero attached hydrogens (tertiary/aromatic N) is 1. The molecule has 2 amide bonds. The van der Waals surface area contributed by atoms with Gasteiger partial charge in [-0.2, -0.15) is 0 Å². The molecule has 14 heavy (non-hydrogen) atoms. The number of primary amides is 1. The van der Waals surface area contributed by atoms with Crippen LogP contribution < -0.4 is 5.73 Å². The van der Waals surface area contributed by atoms with E-state index in [1.165, 1.54) is 23.3 Å². The van der Waals surface area contributed by atoms with Gasteiger partial charge in [0.2, 0.25) is 5.91 Å². The first-order valence-electron chi connectivity index (χ1n) is 3.80. The van der Waals surface area contributed by atoms with Crippen molar-refractivity contribution in [2.24, 2.45) is 5.73 Å². The molecule has 0 radical (unpaired) electrons. The van der Waals surface area contributed by atoms with Crippen LogP contribution >= 0.6 is 22.9 Å². The van der Waals surface area contributed by atoms with Gasteiger partial charge in [-0.05, 0) is 12.1 Å². The maximum atomic E-state index is 11.6. The lowest BCUT2D eigenvalue weighted by Gasteiger charge is -2.13. The second-order valence-electron chi connectivity index (χ2n) is 2.73. The molecule has 0 bridgehead atoms. The van der Waals surface area contributed by atoms with Crippen molar-refractivity contribution in [1.29, 1.82) is 0 Å². The van der Waals surface area contributed by atoms with Crippen molar-refractivity contribution in [3.8, 4) is 0 Å². The van der Waals surface area contributed by atoms with Crippen LogP contribution in [0, 0.1) is 0 Å². The first-order valence-corrected chi connectivity index (χ1v) is 4.99. The Balaban J connectivity index is 2.70. The second kappa shape index (κ2) is 4.43. The summed E-state index contributed by atoms with van der Waals surface area (Å²) in [6.45, 7) is -0.0889. The lowest BCUT2D eigenvalue weighted by atomic mass is 10.4. The lowest BCUT2D eigenvalue weighted by Crippen LogP contribution is -2.34. The molecule has 0 aromatic carbocycles. The fourth-order valence-corrected chi connectivity index (χ4v) is 1.96. The minimum atomic E-state index is -0.538. The Morgan fingerprint density at radius 1 is 1.57 bits per heavy atom. The number of hydrogen-bond donors (Lipinski definition) is 1. The number of likely N-dealkylation sites (N-methyl/N-ethyl adjacent to an activating group) is 1. The topological polar surface area (TPSA) is 63.4 Å². The Morgan fingerprint density at radius 3 is 2.64 bits per heavy atom. The van der Waals surface area contributed by atoms with Gasteiger partial charge in [0.05, 0.1) is 15.8 Å². The third kappa shape index (κ3) is 2.71. The van der Waals surface area contributed by atoms with Gasteiger partial charge in [-0.15, -0.1) is 11.3 Å². The highest BCUT2D eigenvalue weighted by molar-refractivity contribution is 7.17. The van der Waals surface area contributed by atoms with Crippen molar-refractivity contribution in [1.82, 2.24) is 4.90 Å². The van der Waals surface area contributed by atoms with E-state index in [-0.39, 0.29) is 12.5 Å². The molecular weight excluding hydrogens is 224 g/mol. The summed E-state index contributed by atoms with van der Waals surface area (Å²) >= 11 is 6.84. The molecular formula is C8H9ClN2O2S. The number of rotatable bonds is 3. The molecule has 0 saturated heterocycles. The van der Waals surface area contributed by atoms with Crippen molar-refractivity contribution in [2.75, 3.05) is 13.6 Å². The smallest absolute Gasteiger partial charge is 0.264 e. The fourth-order valence-electron chi connectivity index (χ4n) is 0.923. The molecule has 0 spiro atoms. The average molecular weight is 233 g/mol. The van der Waals surface area contributed by atoms with Gasteiger partial charge in [0, 0.05) is 7.05 Å². The summed E-state index contributed by atoms with van der Waals surface area (Å²) in [5.74, 6) is -0.788. The summed E-state index contributed by atoms with van der Waals surface area (Å²) in [4.78, 5) is 23.9. The van der Waals surface area contributed by atoms with Gasteiger partial charge in [-0.3, -0.25) is 9.59 Å². The number of thiophene rings is 1. The quantitative estimate of drug-likeness (QED) is 0.844. The standard InChI is InChI=1S/C8H9ClN2O2S/c1-11(4-7(10)12)8(13)5-2-3-6(9)14-5/h2-3H,4H2,1H3,(H2,10,12). The number of hydrogen-bond acceptors (Lipinski definition) is 3. The summed E-state index contributed by atoms with van der Waals surface area (Å²) in [6, 6.07) is 3.25. The van der Waals surface area contributed by atoms with Crippen LogP contribution in [-0.4, -0.2) is 30.3 Å². The van der Waals surface area contributed by atoms with Crippen LogP contribution in [-0.2, 0) is 4.79 Å². The van der Waals surface area contributed by atoms with E-state index in [0.717, 1.165) is 0 Å². The number of amides is 2. The first-order chi connectivity index (χ1) is 6.50. The zero-order valence-corrected chi connectivity index (χ0v) is 9.06. The van der Waals surface area contributed by atoms with Gasteiger partial charge in [0.25, 0.3) is 5.91 Å². The number of nitrogens with two attached hydrogens (primary N) is 1. The third-order valence-corrected chi connectivity index (χ3v) is 2.74. The van der Waals surface area contributed by atoms with Gasteiger partial charge in [0.15, 0.2) is 0 Å². The summed E-state index contributed by atoms with van der Waals surface area (Å²) in [7, 11) is 1.51. The van der Waals surface area contributed by atoms with Crippen molar-refractivity contribution in [3.63, 3.8) is 0 Å². The highest BCUT2D eigenvalue weighted by atomic mass is 35.5. The molecule has 0 saturated carbocycles. The zero-order valence-electron chi connectivity index (χ0n) is 7.49. The largest absolute Gasteiger partial charge is 0.368 e. The van der Waals surface area contributed by atoms with Crippen molar-refractivity contribution >= 4 is 34.8 Å². The molecule has 2 N–H and O–H groups in total. The van der Waals surface area contributed by atoms with Crippen molar-refractivity contribution in [3.05, 3.63) is 21.3 Å². The van der Waals surface area contributed by atoms with Gasteiger partial charge in [-0.1, -0.05) is 11.6 Å². The molecule has 0 aliphatic carbocycles. The maximum Gasteiger partial charge on any atom is 0.264 e. The molecule has 0 fully saturated rings. The summed E-state index contributed by atoms with van der Waals surface area (Å²) in [6.07, 6.45) is 0. The van der Waals surface area contributed by atoms with E-state index < -0.39 is 5.91 Å². The first kappa shape index (κ1) is 11.0. The Morgan fingerprint density at radius 2 is 2.21 bits per heavy atom. The Labute approximate surface area is 90.3 Å². The predicted molar refractivity (Wildman–Crippen MR) is 55.5 cm³/mol. The van der Waals surface area contributed by atoms with Crippen LogP contribution in [0.25, 0.3) is 0 Å². The number of carbonyl (C=O) groups excluding carboxylic acids is 2. The normalized spacial score (nSPS) is 9.86. The molecule has 1 aromatic heterocycles. The van der Waals surface area contributed by atoms with Crippen molar-refractivity contribution < 1.29 is 9.59 Å². The molecule has 0 unspecified atom stereocenters. The third-order valence-electron chi connectivity index (χ3n) is 1.52. The van der Waals surface area contributed by atoms with Crippen LogP contribution in [0.3, 0.4) is 0 Å². The van der Waals surface area contributed by atoms with E-state index in [2.05, 4.69) is 0 Å².